The fourth-order valence-electron chi connectivity index (χ4n) is 2.30. The maximum atomic E-state index is 11.9. The van der Waals surface area contributed by atoms with E-state index in [1.165, 1.54) is 7.11 Å². The van der Waals surface area contributed by atoms with Crippen LogP contribution in [0.3, 0.4) is 0 Å². The Bertz CT molecular complexity index is 339. The van der Waals surface area contributed by atoms with Gasteiger partial charge in [0.1, 0.15) is 5.60 Å². The second-order valence-corrected chi connectivity index (χ2v) is 6.12. The quantitative estimate of drug-likeness (QED) is 0.768. The van der Waals surface area contributed by atoms with E-state index in [0.717, 1.165) is 25.9 Å². The van der Waals surface area contributed by atoms with E-state index in [1.54, 1.807) is 0 Å². The lowest BCUT2D eigenvalue weighted by Crippen LogP contribution is -2.43. The highest BCUT2D eigenvalue weighted by molar-refractivity contribution is 5.70. The lowest BCUT2D eigenvalue weighted by atomic mass is 9.91. The van der Waals surface area contributed by atoms with Crippen LogP contribution in [-0.4, -0.2) is 43.9 Å². The van der Waals surface area contributed by atoms with Gasteiger partial charge < -0.3 is 20.1 Å². The van der Waals surface area contributed by atoms with Crippen LogP contribution < -0.4 is 10.6 Å². The van der Waals surface area contributed by atoms with Gasteiger partial charge in [-0.25, -0.2) is 4.79 Å². The van der Waals surface area contributed by atoms with Crippen molar-refractivity contribution in [3.63, 3.8) is 0 Å². The molecule has 0 aromatic carbocycles. The molecule has 0 spiro atoms. The molecule has 1 heterocycles. The van der Waals surface area contributed by atoms with Crippen molar-refractivity contribution in [2.45, 2.75) is 51.7 Å². The molecule has 6 heteroatoms. The molecule has 1 aliphatic heterocycles. The number of hydrogen-bond acceptors (Lipinski definition) is 5. The van der Waals surface area contributed by atoms with Gasteiger partial charge in [0.05, 0.1) is 13.5 Å². The van der Waals surface area contributed by atoms with Gasteiger partial charge in [0.2, 0.25) is 0 Å². The third kappa shape index (κ3) is 6.23. The van der Waals surface area contributed by atoms with Crippen LogP contribution in [0.1, 0.15) is 40.0 Å². The number of amides is 1. The van der Waals surface area contributed by atoms with Gasteiger partial charge in [0, 0.05) is 6.04 Å². The van der Waals surface area contributed by atoms with Crippen molar-refractivity contribution in [2.75, 3.05) is 20.2 Å². The minimum atomic E-state index is -0.523. The average molecular weight is 286 g/mol. The summed E-state index contributed by atoms with van der Waals surface area (Å²) in [6.45, 7) is 7.14. The zero-order chi connectivity index (χ0) is 15.2. The summed E-state index contributed by atoms with van der Waals surface area (Å²) in [5.74, 6) is -0.169. The summed E-state index contributed by atoms with van der Waals surface area (Å²) >= 11 is 0. The number of alkyl carbamates (subject to hydrolysis) is 1. The van der Waals surface area contributed by atoms with Crippen molar-refractivity contribution >= 4 is 12.1 Å². The van der Waals surface area contributed by atoms with Gasteiger partial charge >= 0.3 is 12.1 Å². The third-order valence-corrected chi connectivity index (χ3v) is 3.25. The molecular formula is C14H26N2O4. The smallest absolute Gasteiger partial charge is 0.407 e. The number of carbonyl (C=O) groups is 2. The molecular weight excluding hydrogens is 260 g/mol. The molecule has 2 N–H and O–H groups in total. The van der Waals surface area contributed by atoms with Crippen LogP contribution in [-0.2, 0) is 14.3 Å². The molecule has 6 nitrogen and oxygen atoms in total. The Labute approximate surface area is 120 Å². The number of esters is 1. The maximum absolute atomic E-state index is 11.9. The first-order chi connectivity index (χ1) is 9.31. The third-order valence-electron chi connectivity index (χ3n) is 3.25. The van der Waals surface area contributed by atoms with E-state index in [0.29, 0.717) is 6.42 Å². The van der Waals surface area contributed by atoms with Crippen molar-refractivity contribution in [3.8, 4) is 0 Å². The molecule has 20 heavy (non-hydrogen) atoms. The largest absolute Gasteiger partial charge is 0.469 e. The minimum Gasteiger partial charge on any atom is -0.469 e. The average Bonchev–Trinajstić information content (AvgIpc) is 2.53. The first-order valence-corrected chi connectivity index (χ1v) is 7.09. The van der Waals surface area contributed by atoms with E-state index in [2.05, 4.69) is 10.6 Å². The van der Waals surface area contributed by atoms with Crippen molar-refractivity contribution in [2.24, 2.45) is 5.92 Å². The summed E-state index contributed by atoms with van der Waals surface area (Å²) in [6, 6.07) is -0.0704. The monoisotopic (exact) mass is 286 g/mol. The van der Waals surface area contributed by atoms with Crippen molar-refractivity contribution in [1.82, 2.24) is 10.6 Å². The maximum Gasteiger partial charge on any atom is 0.407 e. The summed E-state index contributed by atoms with van der Waals surface area (Å²) in [5, 5.41) is 6.16. The molecule has 1 aliphatic rings. The summed E-state index contributed by atoms with van der Waals surface area (Å²) in [7, 11) is 1.38. The Morgan fingerprint density at radius 1 is 1.25 bits per heavy atom. The molecule has 0 aromatic rings. The Hall–Kier alpha value is -1.30. The lowest BCUT2D eigenvalue weighted by Gasteiger charge is -2.27. The van der Waals surface area contributed by atoms with E-state index in [4.69, 9.17) is 9.47 Å². The van der Waals surface area contributed by atoms with Crippen LogP contribution in [0.25, 0.3) is 0 Å². The highest BCUT2D eigenvalue weighted by atomic mass is 16.6. The molecule has 0 aromatic heterocycles. The molecule has 2 atom stereocenters. The summed E-state index contributed by atoms with van der Waals surface area (Å²) in [6.07, 6.45) is 1.49. The molecule has 1 saturated heterocycles. The Morgan fingerprint density at radius 2 is 1.90 bits per heavy atom. The van der Waals surface area contributed by atoms with Crippen molar-refractivity contribution in [1.29, 1.82) is 0 Å². The SMILES string of the molecule is COC(=O)CC1CCNCCC1NC(=O)OC(C)(C)C. The van der Waals surface area contributed by atoms with E-state index < -0.39 is 11.7 Å². The van der Waals surface area contributed by atoms with Gasteiger partial charge in [0.25, 0.3) is 0 Å². The van der Waals surface area contributed by atoms with Gasteiger partial charge in [0.15, 0.2) is 0 Å². The summed E-state index contributed by atoms with van der Waals surface area (Å²) in [5.41, 5.74) is -0.523. The fourth-order valence-corrected chi connectivity index (χ4v) is 2.30. The van der Waals surface area contributed by atoms with Crippen LogP contribution in [0.2, 0.25) is 0 Å². The van der Waals surface area contributed by atoms with Crippen LogP contribution >= 0.6 is 0 Å². The number of ether oxygens (including phenoxy) is 2. The molecule has 0 aliphatic carbocycles. The number of rotatable bonds is 3. The van der Waals surface area contributed by atoms with Crippen LogP contribution in [0.15, 0.2) is 0 Å². The molecule has 1 rings (SSSR count). The van der Waals surface area contributed by atoms with E-state index >= 15 is 0 Å². The first-order valence-electron chi connectivity index (χ1n) is 7.09. The molecule has 0 radical (unpaired) electrons. The molecule has 2 unspecified atom stereocenters. The van der Waals surface area contributed by atoms with E-state index in [-0.39, 0.29) is 17.9 Å². The second-order valence-electron chi connectivity index (χ2n) is 6.12. The van der Waals surface area contributed by atoms with Gasteiger partial charge in [-0.1, -0.05) is 0 Å². The molecule has 116 valence electrons. The first kappa shape index (κ1) is 16.8. The van der Waals surface area contributed by atoms with E-state index in [1.807, 2.05) is 20.8 Å². The van der Waals surface area contributed by atoms with Crippen LogP contribution in [0.4, 0.5) is 4.79 Å². The predicted octanol–water partition coefficient (Wildman–Crippen LogP) is 1.44. The summed E-state index contributed by atoms with van der Waals surface area (Å²) in [4.78, 5) is 23.3. The highest BCUT2D eigenvalue weighted by Gasteiger charge is 2.29. The zero-order valence-corrected chi connectivity index (χ0v) is 12.8. The standard InChI is InChI=1S/C14H26N2O4/c1-14(2,3)20-13(18)16-11-6-8-15-7-5-10(11)9-12(17)19-4/h10-11,15H,5-9H2,1-4H3,(H,16,18). The minimum absolute atomic E-state index is 0.0704. The Morgan fingerprint density at radius 3 is 2.50 bits per heavy atom. The number of hydrogen-bond donors (Lipinski definition) is 2. The van der Waals surface area contributed by atoms with Gasteiger partial charge in [-0.15, -0.1) is 0 Å². The number of carbonyl (C=O) groups excluding carboxylic acids is 2. The number of nitrogens with one attached hydrogen (secondary N) is 2. The van der Waals surface area contributed by atoms with Crippen LogP contribution in [0.5, 0.6) is 0 Å². The normalized spacial score (nSPS) is 23.6. The molecule has 0 bridgehead atoms. The fraction of sp³-hybridized carbons (Fsp3) is 0.857. The Balaban J connectivity index is 2.61. The summed E-state index contributed by atoms with van der Waals surface area (Å²) < 4.78 is 10.00. The van der Waals surface area contributed by atoms with Crippen LogP contribution in [0, 0.1) is 5.92 Å². The lowest BCUT2D eigenvalue weighted by molar-refractivity contribution is -0.142. The number of methoxy groups -OCH3 is 1. The van der Waals surface area contributed by atoms with E-state index in [9.17, 15) is 9.59 Å². The van der Waals surface area contributed by atoms with Gasteiger partial charge in [-0.2, -0.15) is 0 Å². The Kier molecular flexibility index (Phi) is 6.26. The second kappa shape index (κ2) is 7.47. The van der Waals surface area contributed by atoms with Gasteiger partial charge in [-0.3, -0.25) is 4.79 Å². The molecule has 1 fully saturated rings. The molecule has 0 saturated carbocycles. The van der Waals surface area contributed by atoms with Crippen molar-refractivity contribution in [3.05, 3.63) is 0 Å². The highest BCUT2D eigenvalue weighted by Crippen LogP contribution is 2.20. The topological polar surface area (TPSA) is 76.7 Å². The van der Waals surface area contributed by atoms with Crippen molar-refractivity contribution < 1.29 is 19.1 Å². The van der Waals surface area contributed by atoms with Gasteiger partial charge in [-0.05, 0) is 52.6 Å². The molecule has 1 amide bonds. The predicted molar refractivity (Wildman–Crippen MR) is 75.4 cm³/mol. The zero-order valence-electron chi connectivity index (χ0n) is 12.8.